The van der Waals surface area contributed by atoms with Crippen molar-refractivity contribution in [2.24, 2.45) is 0 Å². The summed E-state index contributed by atoms with van der Waals surface area (Å²) in [6.45, 7) is 1.42. The second kappa shape index (κ2) is 9.85. The highest BCUT2D eigenvalue weighted by Gasteiger charge is 2.21. The molecule has 1 heterocycles. The molecule has 6 heteroatoms. The van der Waals surface area contributed by atoms with Gasteiger partial charge in [0.25, 0.3) is 5.91 Å². The van der Waals surface area contributed by atoms with Crippen LogP contribution in [0.15, 0.2) is 47.8 Å². The molecule has 0 bridgehead atoms. The first-order valence-electron chi connectivity index (χ1n) is 8.01. The smallest absolute Gasteiger partial charge is 0.262 e. The number of benzene rings is 1. The fourth-order valence-electron chi connectivity index (χ4n) is 2.30. The van der Waals surface area contributed by atoms with Crippen molar-refractivity contribution >= 4 is 23.2 Å². The quantitative estimate of drug-likeness (QED) is 0.607. The van der Waals surface area contributed by atoms with Crippen molar-refractivity contribution in [2.45, 2.75) is 18.9 Å². The van der Waals surface area contributed by atoms with Crippen molar-refractivity contribution in [3.63, 3.8) is 0 Å². The second-order valence-electron chi connectivity index (χ2n) is 5.44. The van der Waals surface area contributed by atoms with Crippen molar-refractivity contribution in [2.75, 3.05) is 20.1 Å². The van der Waals surface area contributed by atoms with E-state index in [1.54, 1.807) is 6.07 Å². The Morgan fingerprint density at radius 2 is 1.88 bits per heavy atom. The van der Waals surface area contributed by atoms with Gasteiger partial charge >= 0.3 is 0 Å². The van der Waals surface area contributed by atoms with Gasteiger partial charge in [0, 0.05) is 13.0 Å². The number of thiophene rings is 1. The normalized spacial score (nSPS) is 11.7. The molecule has 2 aromatic rings. The van der Waals surface area contributed by atoms with E-state index >= 15 is 0 Å². The lowest BCUT2D eigenvalue weighted by Crippen LogP contribution is -2.48. The highest BCUT2D eigenvalue weighted by molar-refractivity contribution is 7.12. The highest BCUT2D eigenvalue weighted by Crippen LogP contribution is 2.10. The maximum absolute atomic E-state index is 12.5. The number of hydrogen-bond acceptors (Lipinski definition) is 4. The van der Waals surface area contributed by atoms with E-state index in [1.807, 2.05) is 48.8 Å². The molecule has 0 spiro atoms. The van der Waals surface area contributed by atoms with E-state index in [9.17, 15) is 9.59 Å². The second-order valence-corrected chi connectivity index (χ2v) is 6.39. The molecule has 1 aromatic heterocycles. The Hall–Kier alpha value is -2.18. The predicted molar refractivity (Wildman–Crippen MR) is 97.3 cm³/mol. The zero-order chi connectivity index (χ0) is 17.2. The first kappa shape index (κ1) is 18.2. The van der Waals surface area contributed by atoms with E-state index in [1.165, 1.54) is 11.3 Å². The van der Waals surface area contributed by atoms with Gasteiger partial charge in [-0.2, -0.15) is 0 Å². The van der Waals surface area contributed by atoms with Gasteiger partial charge in [-0.1, -0.05) is 36.4 Å². The summed E-state index contributed by atoms with van der Waals surface area (Å²) in [6.07, 6.45) is 1.31. The summed E-state index contributed by atoms with van der Waals surface area (Å²) >= 11 is 1.36. The van der Waals surface area contributed by atoms with E-state index < -0.39 is 6.04 Å². The number of carbonyl (C=O) groups excluding carboxylic acids is 2. The molecular formula is C18H23N3O2S. The summed E-state index contributed by atoms with van der Waals surface area (Å²) in [5.41, 5.74) is 1.01. The molecule has 0 radical (unpaired) electrons. The molecule has 1 unspecified atom stereocenters. The Labute approximate surface area is 146 Å². The zero-order valence-electron chi connectivity index (χ0n) is 13.7. The van der Waals surface area contributed by atoms with Gasteiger partial charge in [-0.15, -0.1) is 11.3 Å². The van der Waals surface area contributed by atoms with Crippen LogP contribution in [0.2, 0.25) is 0 Å². The fourth-order valence-corrected chi connectivity index (χ4v) is 2.92. The fraction of sp³-hybridized carbons (Fsp3) is 0.333. The van der Waals surface area contributed by atoms with Crippen molar-refractivity contribution in [1.82, 2.24) is 16.0 Å². The van der Waals surface area contributed by atoms with Crippen LogP contribution in [0.5, 0.6) is 0 Å². The van der Waals surface area contributed by atoms with Crippen molar-refractivity contribution in [3.05, 3.63) is 58.3 Å². The molecule has 1 aromatic carbocycles. The molecule has 0 aliphatic rings. The van der Waals surface area contributed by atoms with Gasteiger partial charge in [-0.05, 0) is 37.0 Å². The van der Waals surface area contributed by atoms with E-state index in [2.05, 4.69) is 16.0 Å². The summed E-state index contributed by atoms with van der Waals surface area (Å²) in [5, 5.41) is 10.6. The van der Waals surface area contributed by atoms with Crippen LogP contribution in [-0.2, 0) is 11.2 Å². The van der Waals surface area contributed by atoms with Crippen LogP contribution in [0.3, 0.4) is 0 Å². The monoisotopic (exact) mass is 345 g/mol. The molecule has 0 saturated heterocycles. The van der Waals surface area contributed by atoms with Gasteiger partial charge in [0.05, 0.1) is 4.88 Å². The Bertz CT molecular complexity index is 629. The number of rotatable bonds is 9. The average molecular weight is 345 g/mol. The lowest BCUT2D eigenvalue weighted by Gasteiger charge is -2.18. The van der Waals surface area contributed by atoms with Crippen LogP contribution in [-0.4, -0.2) is 38.0 Å². The predicted octanol–water partition coefficient (Wildman–Crippen LogP) is 1.81. The van der Waals surface area contributed by atoms with Crippen molar-refractivity contribution in [3.8, 4) is 0 Å². The van der Waals surface area contributed by atoms with E-state index in [0.717, 1.165) is 18.5 Å². The van der Waals surface area contributed by atoms with Crippen LogP contribution in [0.1, 0.15) is 21.7 Å². The lowest BCUT2D eigenvalue weighted by molar-refractivity contribution is -0.122. The number of hydrogen-bond donors (Lipinski definition) is 3. The first-order valence-corrected chi connectivity index (χ1v) is 8.89. The third-order valence-corrected chi connectivity index (χ3v) is 4.42. The zero-order valence-corrected chi connectivity index (χ0v) is 14.6. The van der Waals surface area contributed by atoms with Crippen molar-refractivity contribution in [1.29, 1.82) is 0 Å². The largest absolute Gasteiger partial charge is 0.354 e. The number of nitrogens with one attached hydrogen (secondary N) is 3. The highest BCUT2D eigenvalue weighted by atomic mass is 32.1. The minimum absolute atomic E-state index is 0.153. The van der Waals surface area contributed by atoms with Crippen LogP contribution in [0.4, 0.5) is 0 Å². The molecule has 0 fully saturated rings. The lowest BCUT2D eigenvalue weighted by atomic mass is 10.1. The molecule has 0 aliphatic heterocycles. The summed E-state index contributed by atoms with van der Waals surface area (Å²) in [7, 11) is 1.88. The summed E-state index contributed by atoms with van der Waals surface area (Å²) in [5.74, 6) is -0.365. The van der Waals surface area contributed by atoms with E-state index in [0.29, 0.717) is 17.8 Å². The van der Waals surface area contributed by atoms with Crippen LogP contribution in [0.25, 0.3) is 0 Å². The van der Waals surface area contributed by atoms with Crippen LogP contribution >= 0.6 is 11.3 Å². The molecule has 2 rings (SSSR count). The average Bonchev–Trinajstić information content (AvgIpc) is 3.13. The third kappa shape index (κ3) is 5.79. The Balaban J connectivity index is 2.00. The van der Waals surface area contributed by atoms with E-state index in [-0.39, 0.29) is 11.8 Å². The van der Waals surface area contributed by atoms with Gasteiger partial charge in [0.2, 0.25) is 5.91 Å². The molecule has 2 amide bonds. The Morgan fingerprint density at radius 1 is 1.08 bits per heavy atom. The molecule has 128 valence electrons. The molecule has 3 N–H and O–H groups in total. The van der Waals surface area contributed by atoms with Gasteiger partial charge in [0.1, 0.15) is 6.04 Å². The molecule has 0 saturated carbocycles. The topological polar surface area (TPSA) is 70.2 Å². The van der Waals surface area contributed by atoms with Crippen LogP contribution < -0.4 is 16.0 Å². The minimum Gasteiger partial charge on any atom is -0.354 e. The molecule has 1 atom stereocenters. The SMILES string of the molecule is CNCCCNC(=O)C(Cc1ccccc1)NC(=O)c1cccs1. The molecular weight excluding hydrogens is 322 g/mol. The van der Waals surface area contributed by atoms with Gasteiger partial charge in [0.15, 0.2) is 0 Å². The third-order valence-electron chi connectivity index (χ3n) is 3.55. The Morgan fingerprint density at radius 3 is 2.54 bits per heavy atom. The molecule has 0 aliphatic carbocycles. The standard InChI is InChI=1S/C18H23N3O2S/c1-19-10-6-11-20-17(22)15(13-14-7-3-2-4-8-14)21-18(23)16-9-5-12-24-16/h2-5,7-9,12,15,19H,6,10-11,13H2,1H3,(H,20,22)(H,21,23). The number of amides is 2. The summed E-state index contributed by atoms with van der Waals surface area (Å²) in [6, 6.07) is 12.7. The first-order chi connectivity index (χ1) is 11.7. The van der Waals surface area contributed by atoms with Gasteiger partial charge in [-0.25, -0.2) is 0 Å². The summed E-state index contributed by atoms with van der Waals surface area (Å²) in [4.78, 5) is 25.4. The maximum Gasteiger partial charge on any atom is 0.262 e. The van der Waals surface area contributed by atoms with Gasteiger partial charge < -0.3 is 16.0 Å². The van der Waals surface area contributed by atoms with Gasteiger partial charge in [-0.3, -0.25) is 9.59 Å². The maximum atomic E-state index is 12.5. The van der Waals surface area contributed by atoms with E-state index in [4.69, 9.17) is 0 Å². The number of carbonyl (C=O) groups is 2. The van der Waals surface area contributed by atoms with Crippen LogP contribution in [0, 0.1) is 0 Å². The summed E-state index contributed by atoms with van der Waals surface area (Å²) < 4.78 is 0. The molecule has 5 nitrogen and oxygen atoms in total. The minimum atomic E-state index is -0.586. The molecule has 24 heavy (non-hydrogen) atoms. The van der Waals surface area contributed by atoms with Crippen molar-refractivity contribution < 1.29 is 9.59 Å². The Kier molecular flexibility index (Phi) is 7.45.